The second-order valence-electron chi connectivity index (χ2n) is 4.86. The Morgan fingerprint density at radius 3 is 1.47 bits per heavy atom. The van der Waals surface area contributed by atoms with Crippen LogP contribution >= 0.6 is 0 Å². The van der Waals surface area contributed by atoms with Crippen LogP contribution in [0.1, 0.15) is 0 Å². The molecule has 4 rings (SSSR count). The number of hydrogen-bond donors (Lipinski definition) is 0. The molecular formula is C18H13Sb. The van der Waals surface area contributed by atoms with Gasteiger partial charge in [-0.1, -0.05) is 0 Å². The van der Waals surface area contributed by atoms with E-state index in [1.807, 2.05) is 0 Å². The van der Waals surface area contributed by atoms with Crippen molar-refractivity contribution < 1.29 is 0 Å². The van der Waals surface area contributed by atoms with Crippen LogP contribution in [0.5, 0.6) is 0 Å². The first kappa shape index (κ1) is 11.3. The zero-order chi connectivity index (χ0) is 12.8. The second-order valence-corrected chi connectivity index (χ2v) is 6.64. The van der Waals surface area contributed by atoms with E-state index >= 15 is 0 Å². The number of hydrogen-bond acceptors (Lipinski definition) is 0. The third kappa shape index (κ3) is 1.60. The molecular weight excluding hydrogens is 338 g/mol. The van der Waals surface area contributed by atoms with Crippen LogP contribution in [-0.2, 0) is 0 Å². The van der Waals surface area contributed by atoms with Crippen molar-refractivity contribution in [1.29, 1.82) is 0 Å². The number of rotatable bonds is 0. The van der Waals surface area contributed by atoms with Crippen LogP contribution in [0, 0.1) is 0 Å². The topological polar surface area (TPSA) is 0 Å². The Kier molecular flexibility index (Phi) is 2.53. The molecule has 4 aromatic carbocycles. The zero-order valence-corrected chi connectivity index (χ0v) is 13.7. The van der Waals surface area contributed by atoms with E-state index in [1.54, 1.807) is 0 Å². The monoisotopic (exact) mass is 350 g/mol. The van der Waals surface area contributed by atoms with Gasteiger partial charge in [0.25, 0.3) is 0 Å². The summed E-state index contributed by atoms with van der Waals surface area (Å²) in [4.78, 5) is 0. The van der Waals surface area contributed by atoms with Crippen molar-refractivity contribution in [2.24, 2.45) is 0 Å². The van der Waals surface area contributed by atoms with E-state index in [9.17, 15) is 0 Å². The number of benzene rings is 4. The van der Waals surface area contributed by atoms with Gasteiger partial charge in [0.05, 0.1) is 0 Å². The van der Waals surface area contributed by atoms with Gasteiger partial charge in [-0.25, -0.2) is 0 Å². The van der Waals surface area contributed by atoms with Gasteiger partial charge in [-0.3, -0.25) is 0 Å². The maximum absolute atomic E-state index is 2.26. The standard InChI is InChI=1S/C18H11.Sb.2H/c1-2-8-14-13(7-1)15-9-3-4-11-17(15)18-12-6-5-10-16(14)18;;;/h1-11H;;;. The molecule has 0 radical (unpaired) electrons. The molecule has 0 aliphatic rings. The molecule has 0 heterocycles. The molecule has 0 atom stereocenters. The molecule has 0 fully saturated rings. The molecule has 4 aromatic rings. The van der Waals surface area contributed by atoms with E-state index in [-0.39, 0.29) is 0 Å². The fourth-order valence-electron chi connectivity index (χ4n) is 2.98. The number of fused-ring (bicyclic) bond motifs is 6. The molecule has 0 amide bonds. The predicted octanol–water partition coefficient (Wildman–Crippen LogP) is 3.40. The van der Waals surface area contributed by atoms with Crippen molar-refractivity contribution in [3.05, 3.63) is 66.7 Å². The second kappa shape index (κ2) is 4.25. The first-order valence-corrected chi connectivity index (χ1v) is 8.09. The Hall–Kier alpha value is -1.52. The Balaban J connectivity index is 2.48. The molecule has 0 aliphatic carbocycles. The average molecular weight is 351 g/mol. The van der Waals surface area contributed by atoms with Crippen LogP contribution < -0.4 is 3.51 Å². The molecule has 0 saturated carbocycles. The Morgan fingerprint density at radius 2 is 0.895 bits per heavy atom. The molecule has 0 spiro atoms. The van der Waals surface area contributed by atoms with Crippen LogP contribution in [0.25, 0.3) is 32.3 Å². The summed E-state index contributed by atoms with van der Waals surface area (Å²) < 4.78 is 1.48. The van der Waals surface area contributed by atoms with Crippen molar-refractivity contribution in [3.8, 4) is 0 Å². The van der Waals surface area contributed by atoms with Crippen LogP contribution in [0.15, 0.2) is 66.7 Å². The third-order valence-electron chi connectivity index (χ3n) is 3.80. The molecule has 19 heavy (non-hydrogen) atoms. The van der Waals surface area contributed by atoms with E-state index in [4.69, 9.17) is 0 Å². The average Bonchev–Trinajstić information content (AvgIpc) is 2.47. The fraction of sp³-hybridized carbons (Fsp3) is 0. The van der Waals surface area contributed by atoms with Crippen LogP contribution in [0.2, 0.25) is 0 Å². The van der Waals surface area contributed by atoms with Crippen molar-refractivity contribution in [3.63, 3.8) is 0 Å². The summed E-state index contributed by atoms with van der Waals surface area (Å²) in [6.07, 6.45) is 0. The minimum absolute atomic E-state index is 1.15. The molecule has 0 aromatic heterocycles. The van der Waals surface area contributed by atoms with Crippen molar-refractivity contribution in [1.82, 2.24) is 0 Å². The molecule has 1 heteroatoms. The first-order chi connectivity index (χ1) is 9.36. The maximum atomic E-state index is 2.26. The predicted molar refractivity (Wildman–Crippen MR) is 87.1 cm³/mol. The summed E-state index contributed by atoms with van der Waals surface area (Å²) in [5, 5.41) is 8.31. The normalized spacial score (nSPS) is 11.4. The van der Waals surface area contributed by atoms with Gasteiger partial charge in [-0.2, -0.15) is 0 Å². The minimum atomic E-state index is 1.15. The molecule has 0 N–H and O–H groups in total. The van der Waals surface area contributed by atoms with Gasteiger partial charge in [0, 0.05) is 0 Å². The summed E-state index contributed by atoms with van der Waals surface area (Å²) in [6.45, 7) is 0. The quantitative estimate of drug-likeness (QED) is 0.337. The van der Waals surface area contributed by atoms with E-state index in [1.165, 1.54) is 35.8 Å². The summed E-state index contributed by atoms with van der Waals surface area (Å²) in [5.74, 6) is 0. The molecule has 0 aliphatic heterocycles. The summed E-state index contributed by atoms with van der Waals surface area (Å²) in [5.41, 5.74) is 0. The fourth-order valence-corrected chi connectivity index (χ4v) is 4.19. The van der Waals surface area contributed by atoms with Gasteiger partial charge in [0.1, 0.15) is 0 Å². The summed E-state index contributed by atoms with van der Waals surface area (Å²) >= 11 is 1.15. The van der Waals surface area contributed by atoms with Gasteiger partial charge in [0.15, 0.2) is 0 Å². The van der Waals surface area contributed by atoms with Crippen molar-refractivity contribution >= 4 is 58.8 Å². The first-order valence-electron chi connectivity index (χ1n) is 6.44. The van der Waals surface area contributed by atoms with E-state index < -0.39 is 0 Å². The Bertz CT molecular complexity index is 877. The van der Waals surface area contributed by atoms with Crippen LogP contribution in [0.3, 0.4) is 0 Å². The molecule has 0 unspecified atom stereocenters. The Morgan fingerprint density at radius 1 is 0.474 bits per heavy atom. The van der Waals surface area contributed by atoms with Gasteiger partial charge in [0.2, 0.25) is 0 Å². The summed E-state index contributed by atoms with van der Waals surface area (Å²) in [6, 6.07) is 24.2. The van der Waals surface area contributed by atoms with Gasteiger partial charge >= 0.3 is 126 Å². The molecule has 90 valence electrons. The van der Waals surface area contributed by atoms with E-state index in [0.717, 1.165) is 23.0 Å². The summed E-state index contributed by atoms with van der Waals surface area (Å²) in [7, 11) is 0. The van der Waals surface area contributed by atoms with Crippen LogP contribution in [-0.4, -0.2) is 23.0 Å². The third-order valence-corrected chi connectivity index (χ3v) is 5.17. The molecule has 0 nitrogen and oxygen atoms in total. The van der Waals surface area contributed by atoms with Crippen molar-refractivity contribution in [2.45, 2.75) is 0 Å². The molecule has 0 bridgehead atoms. The van der Waals surface area contributed by atoms with Crippen LogP contribution in [0.4, 0.5) is 0 Å². The van der Waals surface area contributed by atoms with Gasteiger partial charge in [-0.15, -0.1) is 0 Å². The van der Waals surface area contributed by atoms with Gasteiger partial charge in [-0.05, 0) is 0 Å². The SMILES string of the molecule is [SbH2][c]1cccc2c3ccccc3c3ccccc3c12. The Labute approximate surface area is 125 Å². The van der Waals surface area contributed by atoms with E-state index in [0.29, 0.717) is 0 Å². The molecule has 0 saturated heterocycles. The zero-order valence-electron chi connectivity index (χ0n) is 10.4. The van der Waals surface area contributed by atoms with E-state index in [2.05, 4.69) is 66.7 Å². The van der Waals surface area contributed by atoms with Crippen molar-refractivity contribution in [2.75, 3.05) is 0 Å². The van der Waals surface area contributed by atoms with Gasteiger partial charge < -0.3 is 0 Å².